The lowest BCUT2D eigenvalue weighted by atomic mass is 10.00. The Kier molecular flexibility index (Phi) is 5.93. The SMILES string of the molecule is CCC(=O)OC1N=C(c2ccccc2)c2cc(Cl)ccc2N(CC(F)(F)F)C1=O. The van der Waals surface area contributed by atoms with Crippen LogP contribution in [0.15, 0.2) is 53.5 Å². The molecule has 1 aliphatic rings. The summed E-state index contributed by atoms with van der Waals surface area (Å²) in [4.78, 5) is 29.5. The predicted molar refractivity (Wildman–Crippen MR) is 102 cm³/mol. The highest BCUT2D eigenvalue weighted by Gasteiger charge is 2.40. The lowest BCUT2D eigenvalue weighted by Crippen LogP contribution is -2.44. The zero-order valence-corrected chi connectivity index (χ0v) is 16.0. The third-order valence-electron chi connectivity index (χ3n) is 4.14. The molecule has 1 amide bonds. The second-order valence-electron chi connectivity index (χ2n) is 6.24. The Labute approximate surface area is 169 Å². The van der Waals surface area contributed by atoms with E-state index in [0.29, 0.717) is 10.5 Å². The average molecular weight is 425 g/mol. The van der Waals surface area contributed by atoms with Crippen molar-refractivity contribution in [3.05, 3.63) is 64.7 Å². The molecule has 0 aromatic heterocycles. The Hall–Kier alpha value is -2.87. The summed E-state index contributed by atoms with van der Waals surface area (Å²) in [5, 5.41) is 0.260. The molecule has 1 heterocycles. The van der Waals surface area contributed by atoms with Crippen LogP contribution in [0, 0.1) is 0 Å². The van der Waals surface area contributed by atoms with Crippen LogP contribution in [0.5, 0.6) is 0 Å². The molecule has 1 unspecified atom stereocenters. The van der Waals surface area contributed by atoms with Crippen LogP contribution in [-0.4, -0.2) is 36.5 Å². The third kappa shape index (κ3) is 4.76. The predicted octanol–water partition coefficient (Wildman–Crippen LogP) is 4.37. The normalized spacial score (nSPS) is 16.7. The van der Waals surface area contributed by atoms with Gasteiger partial charge in [0.05, 0.1) is 11.4 Å². The minimum absolute atomic E-state index is 0.0191. The smallest absolute Gasteiger partial charge is 0.406 e. The number of ether oxygens (including phenoxy) is 1. The van der Waals surface area contributed by atoms with E-state index in [-0.39, 0.29) is 28.4 Å². The largest absolute Gasteiger partial charge is 0.430 e. The van der Waals surface area contributed by atoms with E-state index >= 15 is 0 Å². The van der Waals surface area contributed by atoms with E-state index in [2.05, 4.69) is 4.99 Å². The highest BCUT2D eigenvalue weighted by atomic mass is 35.5. The number of anilines is 1. The number of benzodiazepines with no additional fused rings is 1. The number of alkyl halides is 3. The first-order valence-electron chi connectivity index (χ1n) is 8.70. The quantitative estimate of drug-likeness (QED) is 0.685. The fourth-order valence-electron chi connectivity index (χ4n) is 2.88. The molecule has 1 aliphatic heterocycles. The number of halogens is 4. The highest BCUT2D eigenvalue weighted by Crippen LogP contribution is 2.33. The first-order valence-corrected chi connectivity index (χ1v) is 9.08. The zero-order valence-electron chi connectivity index (χ0n) is 15.2. The van der Waals surface area contributed by atoms with Gasteiger partial charge in [-0.1, -0.05) is 48.9 Å². The number of nitrogens with zero attached hydrogens (tertiary/aromatic N) is 2. The number of hydrogen-bond donors (Lipinski definition) is 0. The second kappa shape index (κ2) is 8.24. The van der Waals surface area contributed by atoms with Gasteiger partial charge < -0.3 is 4.74 Å². The molecule has 0 spiro atoms. The van der Waals surface area contributed by atoms with Gasteiger partial charge in [0.1, 0.15) is 6.54 Å². The average Bonchev–Trinajstić information content (AvgIpc) is 2.78. The Bertz CT molecular complexity index is 961. The number of hydrogen-bond acceptors (Lipinski definition) is 4. The van der Waals surface area contributed by atoms with Crippen LogP contribution in [0.4, 0.5) is 18.9 Å². The van der Waals surface area contributed by atoms with Gasteiger partial charge in [-0.15, -0.1) is 0 Å². The molecule has 0 fully saturated rings. The molecule has 152 valence electrons. The van der Waals surface area contributed by atoms with Crippen molar-refractivity contribution in [3.63, 3.8) is 0 Å². The van der Waals surface area contributed by atoms with E-state index in [1.54, 1.807) is 30.3 Å². The van der Waals surface area contributed by atoms with Gasteiger partial charge in [-0.2, -0.15) is 13.2 Å². The summed E-state index contributed by atoms with van der Waals surface area (Å²) in [6.45, 7) is -0.0500. The van der Waals surface area contributed by atoms with Crippen molar-refractivity contribution in [1.29, 1.82) is 0 Å². The monoisotopic (exact) mass is 424 g/mol. The fraction of sp³-hybridized carbons (Fsp3) is 0.250. The number of fused-ring (bicyclic) bond motifs is 1. The number of carbonyl (C=O) groups is 2. The molecule has 29 heavy (non-hydrogen) atoms. The standard InChI is InChI=1S/C20H16ClF3N2O3/c1-2-16(27)29-18-19(28)26(11-20(22,23)24)15-9-8-13(21)10-14(15)17(25-18)12-6-4-3-5-7-12/h3-10,18H,2,11H2,1H3. The summed E-state index contributed by atoms with van der Waals surface area (Å²) in [5.74, 6) is -1.84. The van der Waals surface area contributed by atoms with Gasteiger partial charge in [0, 0.05) is 22.6 Å². The summed E-state index contributed by atoms with van der Waals surface area (Å²) in [5.41, 5.74) is 0.955. The van der Waals surface area contributed by atoms with Crippen molar-refractivity contribution in [3.8, 4) is 0 Å². The van der Waals surface area contributed by atoms with E-state index in [9.17, 15) is 22.8 Å². The van der Waals surface area contributed by atoms with Gasteiger partial charge in [0.2, 0.25) is 0 Å². The van der Waals surface area contributed by atoms with E-state index < -0.39 is 30.8 Å². The first-order chi connectivity index (χ1) is 13.7. The molecule has 5 nitrogen and oxygen atoms in total. The molecule has 0 aliphatic carbocycles. The zero-order chi connectivity index (χ0) is 21.2. The van der Waals surface area contributed by atoms with Gasteiger partial charge in [-0.25, -0.2) is 4.99 Å². The Balaban J connectivity index is 2.23. The molecule has 9 heteroatoms. The topological polar surface area (TPSA) is 59.0 Å². The molecular formula is C20H16ClF3N2O3. The maximum Gasteiger partial charge on any atom is 0.406 e. The molecule has 0 saturated heterocycles. The van der Waals surface area contributed by atoms with Crippen molar-refractivity contribution in [2.45, 2.75) is 25.7 Å². The number of benzene rings is 2. The number of amides is 1. The molecular weight excluding hydrogens is 409 g/mol. The molecule has 1 atom stereocenters. The minimum atomic E-state index is -4.68. The van der Waals surface area contributed by atoms with Crippen LogP contribution in [0.1, 0.15) is 24.5 Å². The molecule has 0 bridgehead atoms. The fourth-order valence-corrected chi connectivity index (χ4v) is 3.05. The molecule has 0 N–H and O–H groups in total. The van der Waals surface area contributed by atoms with Crippen LogP contribution >= 0.6 is 11.6 Å². The Morgan fingerprint density at radius 1 is 1.21 bits per heavy atom. The van der Waals surface area contributed by atoms with Crippen LogP contribution in [0.2, 0.25) is 5.02 Å². The van der Waals surface area contributed by atoms with Crippen LogP contribution in [-0.2, 0) is 14.3 Å². The maximum absolute atomic E-state index is 13.2. The van der Waals surface area contributed by atoms with Crippen molar-refractivity contribution >= 4 is 34.9 Å². The van der Waals surface area contributed by atoms with Gasteiger partial charge in [-0.3, -0.25) is 14.5 Å². The molecule has 0 saturated carbocycles. The molecule has 0 radical (unpaired) electrons. The number of carbonyl (C=O) groups excluding carboxylic acids is 2. The summed E-state index contributed by atoms with van der Waals surface area (Å²) in [6, 6.07) is 12.7. The van der Waals surface area contributed by atoms with Crippen LogP contribution < -0.4 is 4.90 Å². The van der Waals surface area contributed by atoms with Crippen molar-refractivity contribution in [2.24, 2.45) is 4.99 Å². The van der Waals surface area contributed by atoms with E-state index in [0.717, 1.165) is 0 Å². The Morgan fingerprint density at radius 3 is 2.52 bits per heavy atom. The lowest BCUT2D eigenvalue weighted by Gasteiger charge is -2.26. The number of aliphatic imine (C=N–C) groups is 1. The van der Waals surface area contributed by atoms with Crippen molar-refractivity contribution < 1.29 is 27.5 Å². The minimum Gasteiger partial charge on any atom is -0.430 e. The van der Waals surface area contributed by atoms with Crippen LogP contribution in [0.3, 0.4) is 0 Å². The summed E-state index contributed by atoms with van der Waals surface area (Å²) < 4.78 is 44.8. The van der Waals surface area contributed by atoms with Crippen molar-refractivity contribution in [2.75, 3.05) is 11.4 Å². The molecule has 3 rings (SSSR count). The number of esters is 1. The maximum atomic E-state index is 13.2. The second-order valence-corrected chi connectivity index (χ2v) is 6.68. The van der Waals surface area contributed by atoms with Crippen molar-refractivity contribution in [1.82, 2.24) is 0 Å². The van der Waals surface area contributed by atoms with Gasteiger partial charge in [0.25, 0.3) is 12.1 Å². The summed E-state index contributed by atoms with van der Waals surface area (Å²) >= 11 is 6.08. The van der Waals surface area contributed by atoms with E-state index in [1.807, 2.05) is 0 Å². The van der Waals surface area contributed by atoms with Gasteiger partial charge >= 0.3 is 12.1 Å². The van der Waals surface area contributed by atoms with E-state index in [1.165, 1.54) is 25.1 Å². The van der Waals surface area contributed by atoms with Crippen LogP contribution in [0.25, 0.3) is 0 Å². The summed E-state index contributed by atoms with van der Waals surface area (Å²) in [6.07, 6.45) is -6.48. The first kappa shape index (κ1) is 20.9. The van der Waals surface area contributed by atoms with Gasteiger partial charge in [0.15, 0.2) is 0 Å². The molecule has 2 aromatic rings. The lowest BCUT2D eigenvalue weighted by molar-refractivity contribution is -0.155. The Morgan fingerprint density at radius 2 is 1.90 bits per heavy atom. The number of rotatable bonds is 4. The van der Waals surface area contributed by atoms with E-state index in [4.69, 9.17) is 16.3 Å². The highest BCUT2D eigenvalue weighted by molar-refractivity contribution is 6.32. The molecule has 2 aromatic carbocycles. The summed E-state index contributed by atoms with van der Waals surface area (Å²) in [7, 11) is 0. The third-order valence-corrected chi connectivity index (χ3v) is 4.38. The van der Waals surface area contributed by atoms with Gasteiger partial charge in [-0.05, 0) is 18.2 Å².